The monoisotopic (exact) mass is 394 g/mol. The first-order valence-electron chi connectivity index (χ1n) is 8.18. The lowest BCUT2D eigenvalue weighted by atomic mass is 9.98. The molecule has 1 N–H and O–H groups in total. The van der Waals surface area contributed by atoms with E-state index in [0.29, 0.717) is 6.61 Å². The van der Waals surface area contributed by atoms with Crippen molar-refractivity contribution in [3.8, 4) is 5.75 Å². The van der Waals surface area contributed by atoms with Gasteiger partial charge < -0.3 is 10.1 Å². The Balaban J connectivity index is 2.02. The zero-order valence-corrected chi connectivity index (χ0v) is 15.8. The molecule has 0 radical (unpaired) electrons. The molecule has 23 heavy (non-hydrogen) atoms. The summed E-state index contributed by atoms with van der Waals surface area (Å²) in [5.74, 6) is 0.990. The van der Waals surface area contributed by atoms with Crippen LogP contribution in [0.2, 0.25) is 0 Å². The first kappa shape index (κ1) is 17.0. The van der Waals surface area contributed by atoms with Gasteiger partial charge in [-0.05, 0) is 60.5 Å². The molecule has 124 valence electrons. The topological polar surface area (TPSA) is 24.5 Å². The summed E-state index contributed by atoms with van der Waals surface area (Å²) in [4.78, 5) is 2.58. The normalized spacial score (nSPS) is 17.7. The van der Waals surface area contributed by atoms with E-state index >= 15 is 0 Å². The molecule has 0 spiro atoms. The van der Waals surface area contributed by atoms with Crippen LogP contribution in [0.3, 0.4) is 0 Å². The van der Waals surface area contributed by atoms with Crippen molar-refractivity contribution in [3.05, 3.63) is 50.6 Å². The molecule has 1 fully saturated rings. The number of thiophene rings is 1. The minimum atomic E-state index is 0.250. The number of hydrogen-bond donors (Lipinski definition) is 1. The van der Waals surface area contributed by atoms with Crippen LogP contribution in [0.25, 0.3) is 0 Å². The van der Waals surface area contributed by atoms with Gasteiger partial charge in [-0.1, -0.05) is 15.9 Å². The average Bonchev–Trinajstić information content (AvgIpc) is 2.93. The van der Waals surface area contributed by atoms with E-state index in [1.807, 2.05) is 6.92 Å². The standard InChI is InChI=1S/C18H23BrN2OS/c1-2-22-17-5-4-15(19)12-16(17)18(14-6-11-23-13-14)21-9-3-7-20-8-10-21/h4-6,11-13,18,20H,2-3,7-10H2,1H3. The van der Waals surface area contributed by atoms with E-state index in [9.17, 15) is 0 Å². The van der Waals surface area contributed by atoms with E-state index < -0.39 is 0 Å². The molecule has 1 aliphatic heterocycles. The molecular formula is C18H23BrN2OS. The molecule has 1 atom stereocenters. The summed E-state index contributed by atoms with van der Waals surface area (Å²) in [6.07, 6.45) is 1.18. The lowest BCUT2D eigenvalue weighted by Gasteiger charge is -2.31. The lowest BCUT2D eigenvalue weighted by Crippen LogP contribution is -2.33. The highest BCUT2D eigenvalue weighted by Gasteiger charge is 2.26. The van der Waals surface area contributed by atoms with Crippen molar-refractivity contribution in [2.24, 2.45) is 0 Å². The van der Waals surface area contributed by atoms with Crippen LogP contribution in [0.1, 0.15) is 30.5 Å². The molecule has 0 saturated carbocycles. The third-order valence-electron chi connectivity index (χ3n) is 4.17. The van der Waals surface area contributed by atoms with Gasteiger partial charge in [0.15, 0.2) is 0 Å². The number of nitrogens with zero attached hydrogens (tertiary/aromatic N) is 1. The minimum Gasteiger partial charge on any atom is -0.494 e. The van der Waals surface area contributed by atoms with Crippen molar-refractivity contribution in [1.29, 1.82) is 0 Å². The molecular weight excluding hydrogens is 372 g/mol. The fourth-order valence-electron chi connectivity index (χ4n) is 3.16. The first-order valence-corrected chi connectivity index (χ1v) is 9.92. The van der Waals surface area contributed by atoms with Crippen molar-refractivity contribution in [2.45, 2.75) is 19.4 Å². The van der Waals surface area contributed by atoms with Crippen molar-refractivity contribution in [2.75, 3.05) is 32.8 Å². The Morgan fingerprint density at radius 3 is 3.00 bits per heavy atom. The SMILES string of the molecule is CCOc1ccc(Br)cc1C(c1ccsc1)N1CCCNCC1. The average molecular weight is 395 g/mol. The highest BCUT2D eigenvalue weighted by molar-refractivity contribution is 9.10. The van der Waals surface area contributed by atoms with E-state index in [0.717, 1.165) is 36.4 Å². The number of hydrogen-bond acceptors (Lipinski definition) is 4. The third kappa shape index (κ3) is 4.15. The molecule has 3 rings (SSSR count). The summed E-state index contributed by atoms with van der Waals surface area (Å²) < 4.78 is 7.03. The molecule has 1 saturated heterocycles. The number of nitrogens with one attached hydrogen (secondary N) is 1. The molecule has 1 aromatic carbocycles. The van der Waals surface area contributed by atoms with Gasteiger partial charge in [0, 0.05) is 29.7 Å². The van der Waals surface area contributed by atoms with Gasteiger partial charge in [0.2, 0.25) is 0 Å². The number of halogens is 1. The maximum absolute atomic E-state index is 5.93. The Labute approximate surface area is 150 Å². The molecule has 2 aromatic rings. The molecule has 0 aliphatic carbocycles. The van der Waals surface area contributed by atoms with Crippen LogP contribution in [0.4, 0.5) is 0 Å². The molecule has 0 bridgehead atoms. The van der Waals surface area contributed by atoms with Crippen LogP contribution in [-0.4, -0.2) is 37.7 Å². The second kappa shape index (κ2) is 8.29. The van der Waals surface area contributed by atoms with Gasteiger partial charge in [0.25, 0.3) is 0 Å². The Hall–Kier alpha value is -0.880. The highest BCUT2D eigenvalue weighted by atomic mass is 79.9. The molecule has 1 aliphatic rings. The van der Waals surface area contributed by atoms with Crippen LogP contribution in [0.5, 0.6) is 5.75 Å². The van der Waals surface area contributed by atoms with Crippen LogP contribution >= 0.6 is 27.3 Å². The van der Waals surface area contributed by atoms with Crippen LogP contribution in [0.15, 0.2) is 39.5 Å². The van der Waals surface area contributed by atoms with Crippen molar-refractivity contribution in [3.63, 3.8) is 0 Å². The molecule has 1 unspecified atom stereocenters. The van der Waals surface area contributed by atoms with Crippen molar-refractivity contribution >= 4 is 27.3 Å². The maximum Gasteiger partial charge on any atom is 0.124 e. The zero-order valence-electron chi connectivity index (χ0n) is 13.4. The van der Waals surface area contributed by atoms with Gasteiger partial charge in [0.05, 0.1) is 12.6 Å². The summed E-state index contributed by atoms with van der Waals surface area (Å²) >= 11 is 5.40. The van der Waals surface area contributed by atoms with Crippen LogP contribution < -0.4 is 10.1 Å². The van der Waals surface area contributed by atoms with Gasteiger partial charge in [-0.15, -0.1) is 0 Å². The largest absolute Gasteiger partial charge is 0.494 e. The Kier molecular flexibility index (Phi) is 6.11. The van der Waals surface area contributed by atoms with E-state index in [-0.39, 0.29) is 6.04 Å². The predicted molar refractivity (Wildman–Crippen MR) is 101 cm³/mol. The van der Waals surface area contributed by atoms with E-state index in [2.05, 4.69) is 61.2 Å². The van der Waals surface area contributed by atoms with Gasteiger partial charge in [-0.2, -0.15) is 11.3 Å². The number of benzene rings is 1. The predicted octanol–water partition coefficient (Wildman–Crippen LogP) is 4.29. The van der Waals surface area contributed by atoms with Crippen molar-refractivity contribution in [1.82, 2.24) is 10.2 Å². The van der Waals surface area contributed by atoms with E-state index in [1.54, 1.807) is 11.3 Å². The second-order valence-corrected chi connectivity index (χ2v) is 7.41. The van der Waals surface area contributed by atoms with Gasteiger partial charge in [0.1, 0.15) is 5.75 Å². The minimum absolute atomic E-state index is 0.250. The maximum atomic E-state index is 5.93. The lowest BCUT2D eigenvalue weighted by molar-refractivity contribution is 0.233. The fourth-order valence-corrected chi connectivity index (χ4v) is 4.22. The Morgan fingerprint density at radius 2 is 2.22 bits per heavy atom. The Bertz CT molecular complexity index is 609. The Morgan fingerprint density at radius 1 is 1.30 bits per heavy atom. The molecule has 2 heterocycles. The molecule has 0 amide bonds. The summed E-state index contributed by atoms with van der Waals surface area (Å²) in [5.41, 5.74) is 2.61. The smallest absolute Gasteiger partial charge is 0.124 e. The number of rotatable bonds is 5. The third-order valence-corrected chi connectivity index (χ3v) is 5.36. The summed E-state index contributed by atoms with van der Waals surface area (Å²) in [7, 11) is 0. The number of ether oxygens (including phenoxy) is 1. The highest BCUT2D eigenvalue weighted by Crippen LogP contribution is 2.37. The summed E-state index contributed by atoms with van der Waals surface area (Å²) in [6, 6.07) is 8.84. The van der Waals surface area contributed by atoms with E-state index in [1.165, 1.54) is 17.5 Å². The molecule has 3 nitrogen and oxygen atoms in total. The zero-order chi connectivity index (χ0) is 16.1. The molecule has 5 heteroatoms. The van der Waals surface area contributed by atoms with Crippen molar-refractivity contribution < 1.29 is 4.74 Å². The quantitative estimate of drug-likeness (QED) is 0.817. The van der Waals surface area contributed by atoms with Gasteiger partial charge >= 0.3 is 0 Å². The second-order valence-electron chi connectivity index (χ2n) is 5.71. The van der Waals surface area contributed by atoms with Crippen LogP contribution in [-0.2, 0) is 0 Å². The molecule has 1 aromatic heterocycles. The van der Waals surface area contributed by atoms with Gasteiger partial charge in [-0.3, -0.25) is 4.90 Å². The van der Waals surface area contributed by atoms with Gasteiger partial charge in [-0.25, -0.2) is 0 Å². The summed E-state index contributed by atoms with van der Waals surface area (Å²) in [5, 5.41) is 7.93. The van der Waals surface area contributed by atoms with E-state index in [4.69, 9.17) is 4.74 Å². The first-order chi connectivity index (χ1) is 11.3. The summed E-state index contributed by atoms with van der Waals surface area (Å²) in [6.45, 7) is 7.03. The fraction of sp³-hybridized carbons (Fsp3) is 0.444. The van der Waals surface area contributed by atoms with Crippen LogP contribution in [0, 0.1) is 0 Å².